The van der Waals surface area contributed by atoms with E-state index in [0.717, 1.165) is 17.7 Å². The van der Waals surface area contributed by atoms with Gasteiger partial charge in [-0.1, -0.05) is 6.07 Å². The number of amides is 3. The lowest BCUT2D eigenvalue weighted by Crippen LogP contribution is -2.46. The van der Waals surface area contributed by atoms with Crippen LogP contribution in [0.25, 0.3) is 0 Å². The van der Waals surface area contributed by atoms with Gasteiger partial charge in [-0.15, -0.1) is 11.3 Å². The lowest BCUT2D eigenvalue weighted by Gasteiger charge is -2.27. The van der Waals surface area contributed by atoms with Gasteiger partial charge in [-0.2, -0.15) is 0 Å². The summed E-state index contributed by atoms with van der Waals surface area (Å²) in [5, 5.41) is 1.81. The van der Waals surface area contributed by atoms with E-state index in [-0.39, 0.29) is 24.3 Å². The van der Waals surface area contributed by atoms with E-state index >= 15 is 0 Å². The number of nitrogens with zero attached hydrogens (tertiary/aromatic N) is 2. The van der Waals surface area contributed by atoms with Gasteiger partial charge in [-0.05, 0) is 48.6 Å². The highest BCUT2D eigenvalue weighted by molar-refractivity contribution is 7.12. The van der Waals surface area contributed by atoms with Crippen LogP contribution >= 0.6 is 11.3 Å². The molecule has 1 unspecified atom stereocenters. The van der Waals surface area contributed by atoms with E-state index in [9.17, 15) is 19.2 Å². The third-order valence-electron chi connectivity index (χ3n) is 4.91. The van der Waals surface area contributed by atoms with Crippen molar-refractivity contribution >= 4 is 40.7 Å². The van der Waals surface area contributed by atoms with Crippen LogP contribution in [0.15, 0.2) is 41.8 Å². The van der Waals surface area contributed by atoms with Crippen molar-refractivity contribution in [3.05, 3.63) is 52.2 Å². The number of carbonyl (C=O) groups excluding carboxylic acids is 4. The first-order valence-corrected chi connectivity index (χ1v) is 9.80. The molecule has 1 aliphatic carbocycles. The van der Waals surface area contributed by atoms with E-state index in [0.29, 0.717) is 16.1 Å². The van der Waals surface area contributed by atoms with Gasteiger partial charge in [0.05, 0.1) is 29.7 Å². The van der Waals surface area contributed by atoms with Gasteiger partial charge in [0, 0.05) is 6.04 Å². The maximum atomic E-state index is 13.1. The molecule has 2 aliphatic rings. The van der Waals surface area contributed by atoms with Crippen molar-refractivity contribution in [1.29, 1.82) is 0 Å². The standard InChI is InChI=1S/C20H18N2O5S/c1-27-20(26)12-4-6-14(7-5-12)22-17(23)11-15(18(22)24)21(13-8-9-13)19(25)16-3-2-10-28-16/h2-7,10,13,15H,8-9,11H2,1H3. The summed E-state index contributed by atoms with van der Waals surface area (Å²) >= 11 is 1.32. The molecule has 0 N–H and O–H groups in total. The van der Waals surface area contributed by atoms with Gasteiger partial charge in [0.25, 0.3) is 11.8 Å². The number of anilines is 1. The van der Waals surface area contributed by atoms with Gasteiger partial charge in [0.2, 0.25) is 5.91 Å². The number of rotatable bonds is 5. The molecule has 8 heteroatoms. The summed E-state index contributed by atoms with van der Waals surface area (Å²) in [4.78, 5) is 53.4. The molecule has 2 aromatic rings. The topological polar surface area (TPSA) is 84.0 Å². The smallest absolute Gasteiger partial charge is 0.337 e. The molecule has 7 nitrogen and oxygen atoms in total. The molecule has 0 radical (unpaired) electrons. The molecule has 0 spiro atoms. The average molecular weight is 398 g/mol. The Bertz CT molecular complexity index is 934. The normalized spacial score (nSPS) is 19.0. The van der Waals surface area contributed by atoms with Crippen LogP contribution in [0.1, 0.15) is 39.3 Å². The molecule has 144 valence electrons. The lowest BCUT2D eigenvalue weighted by molar-refractivity contribution is -0.122. The van der Waals surface area contributed by atoms with Crippen molar-refractivity contribution in [2.45, 2.75) is 31.3 Å². The lowest BCUT2D eigenvalue weighted by atomic mass is 10.2. The van der Waals surface area contributed by atoms with Gasteiger partial charge in [-0.25, -0.2) is 9.69 Å². The van der Waals surface area contributed by atoms with E-state index in [1.54, 1.807) is 17.0 Å². The van der Waals surface area contributed by atoms with Crippen LogP contribution in [0.2, 0.25) is 0 Å². The number of carbonyl (C=O) groups is 4. The molecular formula is C20H18N2O5S. The second kappa shape index (κ2) is 7.20. The first kappa shape index (κ1) is 18.4. The number of methoxy groups -OCH3 is 1. The number of hydrogen-bond acceptors (Lipinski definition) is 6. The quantitative estimate of drug-likeness (QED) is 0.571. The minimum Gasteiger partial charge on any atom is -0.465 e. The van der Waals surface area contributed by atoms with Crippen LogP contribution in [0, 0.1) is 0 Å². The Morgan fingerprint density at radius 2 is 1.86 bits per heavy atom. The summed E-state index contributed by atoms with van der Waals surface area (Å²) in [6, 6.07) is 8.80. The van der Waals surface area contributed by atoms with E-state index in [4.69, 9.17) is 0 Å². The fourth-order valence-corrected chi connectivity index (χ4v) is 4.08. The van der Waals surface area contributed by atoms with Crippen LogP contribution in [-0.4, -0.2) is 47.8 Å². The zero-order valence-corrected chi connectivity index (χ0v) is 16.0. The van der Waals surface area contributed by atoms with Crippen molar-refractivity contribution in [1.82, 2.24) is 4.90 Å². The minimum atomic E-state index is -0.796. The van der Waals surface area contributed by atoms with Crippen LogP contribution in [0.3, 0.4) is 0 Å². The fraction of sp³-hybridized carbons (Fsp3) is 0.300. The molecule has 3 amide bonds. The Morgan fingerprint density at radius 1 is 1.14 bits per heavy atom. The summed E-state index contributed by atoms with van der Waals surface area (Å²) in [5.74, 6) is -1.46. The molecule has 1 aromatic carbocycles. The van der Waals surface area contributed by atoms with E-state index in [2.05, 4.69) is 4.74 Å². The Hall–Kier alpha value is -3.00. The molecule has 1 aromatic heterocycles. The Labute approximate surface area is 165 Å². The maximum Gasteiger partial charge on any atom is 0.337 e. The van der Waals surface area contributed by atoms with Crippen LogP contribution in [-0.2, 0) is 14.3 Å². The Balaban J connectivity index is 1.59. The summed E-state index contributed by atoms with van der Waals surface area (Å²) in [6.07, 6.45) is 1.64. The SMILES string of the molecule is COC(=O)c1ccc(N2C(=O)CC(N(C(=O)c3cccs3)C3CC3)C2=O)cc1. The molecule has 2 heterocycles. The molecule has 4 rings (SSSR count). The number of imide groups is 1. The summed E-state index contributed by atoms with van der Waals surface area (Å²) < 4.78 is 4.66. The van der Waals surface area contributed by atoms with Gasteiger partial charge >= 0.3 is 5.97 Å². The Kier molecular flexibility index (Phi) is 4.72. The predicted molar refractivity (Wildman–Crippen MR) is 102 cm³/mol. The average Bonchev–Trinajstić information content (AvgIpc) is 3.29. The van der Waals surface area contributed by atoms with Crippen LogP contribution in [0.4, 0.5) is 5.69 Å². The molecule has 1 saturated carbocycles. The first-order valence-electron chi connectivity index (χ1n) is 8.92. The minimum absolute atomic E-state index is 0.00185. The zero-order valence-electron chi connectivity index (χ0n) is 15.2. The maximum absolute atomic E-state index is 13.1. The second-order valence-electron chi connectivity index (χ2n) is 6.75. The highest BCUT2D eigenvalue weighted by Gasteiger charge is 2.49. The van der Waals surface area contributed by atoms with Crippen LogP contribution in [0.5, 0.6) is 0 Å². The van der Waals surface area contributed by atoms with Crippen molar-refractivity contribution in [3.8, 4) is 0 Å². The summed E-state index contributed by atoms with van der Waals surface area (Å²) in [5.41, 5.74) is 0.707. The largest absolute Gasteiger partial charge is 0.465 e. The van der Waals surface area contributed by atoms with Gasteiger partial charge in [-0.3, -0.25) is 14.4 Å². The van der Waals surface area contributed by atoms with E-state index < -0.39 is 17.9 Å². The summed E-state index contributed by atoms with van der Waals surface area (Å²) in [7, 11) is 1.28. The van der Waals surface area contributed by atoms with Crippen molar-refractivity contribution in [3.63, 3.8) is 0 Å². The second-order valence-corrected chi connectivity index (χ2v) is 7.69. The van der Waals surface area contributed by atoms with Crippen molar-refractivity contribution < 1.29 is 23.9 Å². The number of ether oxygens (including phenoxy) is 1. The van der Waals surface area contributed by atoms with Gasteiger partial charge in [0.15, 0.2) is 0 Å². The number of hydrogen-bond donors (Lipinski definition) is 0. The number of benzene rings is 1. The molecule has 2 fully saturated rings. The molecule has 0 bridgehead atoms. The van der Waals surface area contributed by atoms with E-state index in [1.807, 2.05) is 5.38 Å². The third-order valence-corrected chi connectivity index (χ3v) is 5.77. The third kappa shape index (κ3) is 3.20. The van der Waals surface area contributed by atoms with Gasteiger partial charge < -0.3 is 9.64 Å². The predicted octanol–water partition coefficient (Wildman–Crippen LogP) is 2.47. The highest BCUT2D eigenvalue weighted by Crippen LogP contribution is 2.35. The van der Waals surface area contributed by atoms with Crippen molar-refractivity contribution in [2.75, 3.05) is 12.0 Å². The Morgan fingerprint density at radius 3 is 2.43 bits per heavy atom. The zero-order chi connectivity index (χ0) is 19.8. The van der Waals surface area contributed by atoms with E-state index in [1.165, 1.54) is 42.7 Å². The molecule has 1 atom stereocenters. The van der Waals surface area contributed by atoms with Crippen LogP contribution < -0.4 is 4.90 Å². The monoisotopic (exact) mass is 398 g/mol. The highest BCUT2D eigenvalue weighted by atomic mass is 32.1. The fourth-order valence-electron chi connectivity index (χ4n) is 3.41. The molecule has 28 heavy (non-hydrogen) atoms. The molecule has 1 saturated heterocycles. The van der Waals surface area contributed by atoms with Gasteiger partial charge in [0.1, 0.15) is 6.04 Å². The first-order chi connectivity index (χ1) is 13.5. The van der Waals surface area contributed by atoms with Crippen molar-refractivity contribution in [2.24, 2.45) is 0 Å². The molecular weight excluding hydrogens is 380 g/mol. The summed E-state index contributed by atoms with van der Waals surface area (Å²) in [6.45, 7) is 0. The number of esters is 1. The number of thiophene rings is 1. The molecule has 1 aliphatic heterocycles.